The Kier molecular flexibility index (Phi) is 6.27. The zero-order valence-corrected chi connectivity index (χ0v) is 12.2. The van der Waals surface area contributed by atoms with Crippen LogP contribution in [0.1, 0.15) is 27.2 Å². The van der Waals surface area contributed by atoms with Gasteiger partial charge >= 0.3 is 6.01 Å². The average molecular weight is 268 g/mol. The number of nitrogens with zero attached hydrogens (tertiary/aromatic N) is 4. The molecule has 0 saturated heterocycles. The third kappa shape index (κ3) is 5.69. The number of aromatic nitrogens is 3. The van der Waals surface area contributed by atoms with E-state index in [9.17, 15) is 0 Å². The van der Waals surface area contributed by atoms with Crippen LogP contribution in [0.5, 0.6) is 6.01 Å². The second-order valence-corrected chi connectivity index (χ2v) is 4.65. The smallest absolute Gasteiger partial charge is 0.323 e. The van der Waals surface area contributed by atoms with Crippen LogP contribution in [0.25, 0.3) is 0 Å². The van der Waals surface area contributed by atoms with Crippen LogP contribution in [0.2, 0.25) is 0 Å². The van der Waals surface area contributed by atoms with E-state index in [0.717, 1.165) is 19.5 Å². The van der Waals surface area contributed by atoms with Crippen molar-refractivity contribution in [3.63, 3.8) is 0 Å². The quantitative estimate of drug-likeness (QED) is 0.726. The number of hydrogen-bond acceptors (Lipinski definition) is 7. The summed E-state index contributed by atoms with van der Waals surface area (Å²) >= 11 is 0. The number of nitrogens with one attached hydrogen (secondary N) is 1. The number of anilines is 2. The van der Waals surface area contributed by atoms with Crippen molar-refractivity contribution in [1.29, 1.82) is 0 Å². The Bertz CT molecular complexity index is 384. The maximum atomic E-state index is 5.62. The summed E-state index contributed by atoms with van der Waals surface area (Å²) in [6, 6.07) is 0.780. The summed E-state index contributed by atoms with van der Waals surface area (Å²) in [6.07, 6.45) is 0.896. The molecule has 0 saturated carbocycles. The molecular formula is C12H24N6O. The van der Waals surface area contributed by atoms with Crippen LogP contribution in [0.15, 0.2) is 0 Å². The summed E-state index contributed by atoms with van der Waals surface area (Å²) in [7, 11) is 2.07. The van der Waals surface area contributed by atoms with Crippen LogP contribution >= 0.6 is 0 Å². The molecule has 1 aromatic rings. The minimum Gasteiger partial charge on any atom is -0.463 e. The first-order valence-corrected chi connectivity index (χ1v) is 6.61. The highest BCUT2D eigenvalue weighted by atomic mass is 16.5. The lowest BCUT2D eigenvalue weighted by molar-refractivity contribution is 0.283. The van der Waals surface area contributed by atoms with Gasteiger partial charge in [0.25, 0.3) is 0 Å². The monoisotopic (exact) mass is 268 g/mol. The van der Waals surface area contributed by atoms with Gasteiger partial charge in [-0.05, 0) is 27.3 Å². The Morgan fingerprint density at radius 2 is 2.05 bits per heavy atom. The second kappa shape index (κ2) is 7.73. The fourth-order valence-corrected chi connectivity index (χ4v) is 1.31. The van der Waals surface area contributed by atoms with E-state index in [4.69, 9.17) is 10.5 Å². The number of nitrogen functional groups attached to an aromatic ring is 1. The van der Waals surface area contributed by atoms with E-state index in [1.807, 2.05) is 6.92 Å². The number of hydrogen-bond donors (Lipinski definition) is 2. The summed E-state index contributed by atoms with van der Waals surface area (Å²) in [6.45, 7) is 8.53. The molecule has 7 heteroatoms. The van der Waals surface area contributed by atoms with Crippen molar-refractivity contribution in [2.75, 3.05) is 37.8 Å². The highest BCUT2D eigenvalue weighted by Crippen LogP contribution is 2.08. The Morgan fingerprint density at radius 3 is 2.68 bits per heavy atom. The minimum absolute atomic E-state index is 0.167. The van der Waals surface area contributed by atoms with E-state index in [0.29, 0.717) is 18.6 Å². The van der Waals surface area contributed by atoms with Gasteiger partial charge in [0.05, 0.1) is 6.61 Å². The van der Waals surface area contributed by atoms with Gasteiger partial charge < -0.3 is 20.7 Å². The van der Waals surface area contributed by atoms with Crippen molar-refractivity contribution in [3.8, 4) is 6.01 Å². The largest absolute Gasteiger partial charge is 0.463 e. The van der Waals surface area contributed by atoms with Crippen LogP contribution in [0, 0.1) is 0 Å². The molecule has 0 fully saturated rings. The molecule has 0 atom stereocenters. The standard InChI is InChI=1S/C12H24N6O/c1-5-8-19-12-16-10(13)15-11(17-12)14-6-7-18(4)9(2)3/h9H,5-8H2,1-4H3,(H3,13,14,15,16,17). The lowest BCUT2D eigenvalue weighted by Gasteiger charge is -2.20. The molecular weight excluding hydrogens is 244 g/mol. The molecule has 0 aliphatic carbocycles. The normalized spacial score (nSPS) is 11.1. The van der Waals surface area contributed by atoms with Gasteiger partial charge in [-0.25, -0.2) is 0 Å². The topological polar surface area (TPSA) is 89.2 Å². The van der Waals surface area contributed by atoms with Gasteiger partial charge in [0.2, 0.25) is 11.9 Å². The summed E-state index contributed by atoms with van der Waals surface area (Å²) in [5, 5.41) is 3.12. The first-order chi connectivity index (χ1) is 9.02. The summed E-state index contributed by atoms with van der Waals surface area (Å²) in [4.78, 5) is 14.3. The summed E-state index contributed by atoms with van der Waals surface area (Å²) in [5.41, 5.74) is 5.62. The van der Waals surface area contributed by atoms with Crippen molar-refractivity contribution >= 4 is 11.9 Å². The Hall–Kier alpha value is -1.63. The van der Waals surface area contributed by atoms with E-state index in [1.54, 1.807) is 0 Å². The Balaban J connectivity index is 2.51. The molecule has 0 amide bonds. The highest BCUT2D eigenvalue weighted by molar-refractivity contribution is 5.32. The molecule has 0 radical (unpaired) electrons. The highest BCUT2D eigenvalue weighted by Gasteiger charge is 2.06. The Labute approximate surface area is 114 Å². The third-order valence-electron chi connectivity index (χ3n) is 2.70. The SMILES string of the molecule is CCCOc1nc(N)nc(NCCN(C)C(C)C)n1. The first kappa shape index (κ1) is 15.4. The van der Waals surface area contributed by atoms with Crippen LogP contribution in [-0.2, 0) is 0 Å². The number of rotatable bonds is 8. The van der Waals surface area contributed by atoms with Crippen molar-refractivity contribution in [3.05, 3.63) is 0 Å². The van der Waals surface area contributed by atoms with Gasteiger partial charge in [0, 0.05) is 19.1 Å². The second-order valence-electron chi connectivity index (χ2n) is 4.65. The Morgan fingerprint density at radius 1 is 1.32 bits per heavy atom. The lowest BCUT2D eigenvalue weighted by atomic mass is 10.3. The molecule has 0 aromatic carbocycles. The zero-order chi connectivity index (χ0) is 14.3. The molecule has 1 aromatic heterocycles. The predicted octanol–water partition coefficient (Wildman–Crippen LogP) is 0.995. The molecule has 1 heterocycles. The van der Waals surface area contributed by atoms with E-state index in [1.165, 1.54) is 0 Å². The molecule has 0 spiro atoms. The van der Waals surface area contributed by atoms with Gasteiger partial charge in [0.15, 0.2) is 0 Å². The summed E-state index contributed by atoms with van der Waals surface area (Å²) in [5.74, 6) is 0.622. The summed E-state index contributed by atoms with van der Waals surface area (Å²) < 4.78 is 5.35. The molecule has 3 N–H and O–H groups in total. The third-order valence-corrected chi connectivity index (χ3v) is 2.70. The van der Waals surface area contributed by atoms with Gasteiger partial charge in [-0.3, -0.25) is 0 Å². The molecule has 0 aliphatic heterocycles. The van der Waals surface area contributed by atoms with E-state index < -0.39 is 0 Å². The maximum Gasteiger partial charge on any atom is 0.323 e. The minimum atomic E-state index is 0.167. The predicted molar refractivity (Wildman–Crippen MR) is 76.3 cm³/mol. The van der Waals surface area contributed by atoms with Crippen LogP contribution in [0.3, 0.4) is 0 Å². The van der Waals surface area contributed by atoms with Crippen LogP contribution in [-0.4, -0.2) is 52.6 Å². The number of ether oxygens (including phenoxy) is 1. The zero-order valence-electron chi connectivity index (χ0n) is 12.2. The van der Waals surface area contributed by atoms with E-state index in [2.05, 4.69) is 46.1 Å². The fraction of sp³-hybridized carbons (Fsp3) is 0.750. The van der Waals surface area contributed by atoms with Gasteiger partial charge in [0.1, 0.15) is 0 Å². The fourth-order valence-electron chi connectivity index (χ4n) is 1.31. The van der Waals surface area contributed by atoms with E-state index >= 15 is 0 Å². The van der Waals surface area contributed by atoms with E-state index in [-0.39, 0.29) is 12.0 Å². The molecule has 7 nitrogen and oxygen atoms in total. The lowest BCUT2D eigenvalue weighted by Crippen LogP contribution is -2.31. The number of nitrogens with two attached hydrogens (primary N) is 1. The van der Waals surface area contributed by atoms with Gasteiger partial charge in [-0.15, -0.1) is 0 Å². The molecule has 0 unspecified atom stereocenters. The molecule has 108 valence electrons. The first-order valence-electron chi connectivity index (χ1n) is 6.61. The molecule has 1 rings (SSSR count). The van der Waals surface area contributed by atoms with Gasteiger partial charge in [-0.1, -0.05) is 6.92 Å². The van der Waals surface area contributed by atoms with Gasteiger partial charge in [-0.2, -0.15) is 15.0 Å². The molecule has 19 heavy (non-hydrogen) atoms. The van der Waals surface area contributed by atoms with Crippen molar-refractivity contribution in [2.45, 2.75) is 33.2 Å². The van der Waals surface area contributed by atoms with Crippen LogP contribution < -0.4 is 15.8 Å². The number of likely N-dealkylation sites (N-methyl/N-ethyl adjacent to an activating group) is 1. The van der Waals surface area contributed by atoms with Crippen molar-refractivity contribution < 1.29 is 4.74 Å². The van der Waals surface area contributed by atoms with Crippen molar-refractivity contribution in [1.82, 2.24) is 19.9 Å². The van der Waals surface area contributed by atoms with Crippen LogP contribution in [0.4, 0.5) is 11.9 Å². The molecule has 0 aliphatic rings. The van der Waals surface area contributed by atoms with Crippen molar-refractivity contribution in [2.24, 2.45) is 0 Å². The molecule has 0 bridgehead atoms. The average Bonchev–Trinajstić information content (AvgIpc) is 2.35. The maximum absolute atomic E-state index is 5.62.